The fourth-order valence-corrected chi connectivity index (χ4v) is 9.38. The highest BCUT2D eigenvalue weighted by Crippen LogP contribution is 2.55. The molecule has 0 saturated carbocycles. The first-order chi connectivity index (χ1) is 21.1. The molecule has 0 radical (unpaired) electrons. The first kappa shape index (κ1) is 25.0. The van der Waals surface area contributed by atoms with Crippen LogP contribution in [0, 0.1) is 0 Å². The van der Waals surface area contributed by atoms with Crippen LogP contribution < -0.4 is 0 Å². The Labute approximate surface area is 259 Å². The molecule has 0 saturated heterocycles. The van der Waals surface area contributed by atoms with E-state index < -0.39 is 0 Å². The molecule has 2 aromatic heterocycles. The SMILES string of the molecule is CC1(C)c2ccccc2-c2c1cc(-c1c3ccccc3c(-c3ccc(-c4cccs4)s3)c3ccccc13)c1ccccc21. The normalized spacial score (nSPS) is 13.5. The molecular weight excluding hydrogens is 557 g/mol. The van der Waals surface area contributed by atoms with Crippen LogP contribution in [0.4, 0.5) is 0 Å². The number of hydrogen-bond acceptors (Lipinski definition) is 2. The number of rotatable bonds is 3. The summed E-state index contributed by atoms with van der Waals surface area (Å²) in [5.74, 6) is 0. The summed E-state index contributed by atoms with van der Waals surface area (Å²) >= 11 is 3.70. The molecule has 0 atom stereocenters. The second-order valence-corrected chi connectivity index (χ2v) is 14.1. The van der Waals surface area contributed by atoms with Crippen LogP contribution in [0.3, 0.4) is 0 Å². The van der Waals surface area contributed by atoms with Gasteiger partial charge in [-0.05, 0) is 95.3 Å². The average Bonchev–Trinajstić information content (AvgIpc) is 3.80. The fraction of sp³-hybridized carbons (Fsp3) is 0.0732. The Balaban J connectivity index is 1.40. The Kier molecular flexibility index (Phi) is 5.39. The summed E-state index contributed by atoms with van der Waals surface area (Å²) < 4.78 is 0. The van der Waals surface area contributed by atoms with Crippen LogP contribution >= 0.6 is 22.7 Å². The zero-order valence-corrected chi connectivity index (χ0v) is 25.7. The van der Waals surface area contributed by atoms with E-state index in [1.807, 2.05) is 22.7 Å². The Morgan fingerprint density at radius 3 is 1.63 bits per heavy atom. The monoisotopic (exact) mass is 584 g/mol. The van der Waals surface area contributed by atoms with Gasteiger partial charge in [-0.2, -0.15) is 0 Å². The number of benzene rings is 6. The van der Waals surface area contributed by atoms with Crippen molar-refractivity contribution in [1.82, 2.24) is 0 Å². The van der Waals surface area contributed by atoms with Gasteiger partial charge in [0, 0.05) is 25.6 Å². The Morgan fingerprint density at radius 2 is 0.977 bits per heavy atom. The summed E-state index contributed by atoms with van der Waals surface area (Å²) in [6.45, 7) is 4.77. The highest BCUT2D eigenvalue weighted by molar-refractivity contribution is 7.23. The third-order valence-corrected chi connectivity index (χ3v) is 11.6. The van der Waals surface area contributed by atoms with E-state index in [1.54, 1.807) is 0 Å². The van der Waals surface area contributed by atoms with Crippen LogP contribution in [0.1, 0.15) is 25.0 Å². The zero-order chi connectivity index (χ0) is 28.7. The van der Waals surface area contributed by atoms with Crippen molar-refractivity contribution >= 4 is 55.0 Å². The second kappa shape index (κ2) is 9.25. The first-order valence-corrected chi connectivity index (χ1v) is 16.5. The quantitative estimate of drug-likeness (QED) is 0.181. The largest absolute Gasteiger partial charge is 0.143 e. The minimum atomic E-state index is -0.0780. The summed E-state index contributed by atoms with van der Waals surface area (Å²) in [5, 5.41) is 10.0. The molecule has 43 heavy (non-hydrogen) atoms. The molecule has 6 aromatic carbocycles. The van der Waals surface area contributed by atoms with Gasteiger partial charge in [0.2, 0.25) is 0 Å². The molecule has 1 aliphatic rings. The van der Waals surface area contributed by atoms with E-state index in [-0.39, 0.29) is 5.41 Å². The Bertz CT molecular complexity index is 2310. The summed E-state index contributed by atoms with van der Waals surface area (Å²) in [7, 11) is 0. The molecule has 0 fully saturated rings. The van der Waals surface area contributed by atoms with Gasteiger partial charge in [0.05, 0.1) is 0 Å². The molecule has 0 bridgehead atoms. The predicted molar refractivity (Wildman–Crippen MR) is 189 cm³/mol. The maximum atomic E-state index is 2.52. The van der Waals surface area contributed by atoms with E-state index in [2.05, 4.69) is 147 Å². The molecule has 8 aromatic rings. The lowest BCUT2D eigenvalue weighted by atomic mass is 9.79. The third kappa shape index (κ3) is 3.54. The van der Waals surface area contributed by atoms with E-state index in [0.29, 0.717) is 0 Å². The molecule has 2 heterocycles. The van der Waals surface area contributed by atoms with Crippen molar-refractivity contribution in [3.8, 4) is 42.4 Å². The third-order valence-electron chi connectivity index (χ3n) is 9.40. The van der Waals surface area contributed by atoms with E-state index in [9.17, 15) is 0 Å². The standard InChI is InChI=1S/C41H28S2/c1-41(2)33-19-10-9-18-31(33)39-26-13-4-3-12-25(26)32(24-34(39)41)38-27-14-5-7-16-29(27)40(30-17-8-6-15-28(30)38)37-22-21-36(43-37)35-20-11-23-42-35/h3-24H,1-2H3. The lowest BCUT2D eigenvalue weighted by Crippen LogP contribution is -2.15. The molecule has 2 heteroatoms. The smallest absolute Gasteiger partial charge is 0.0449 e. The van der Waals surface area contributed by atoms with E-state index >= 15 is 0 Å². The maximum absolute atomic E-state index is 2.52. The summed E-state index contributed by atoms with van der Waals surface area (Å²) in [5.41, 5.74) is 9.50. The molecule has 0 unspecified atom stereocenters. The van der Waals surface area contributed by atoms with Gasteiger partial charge in [0.15, 0.2) is 0 Å². The van der Waals surface area contributed by atoms with Crippen molar-refractivity contribution < 1.29 is 0 Å². The molecule has 9 rings (SSSR count). The molecule has 0 aliphatic heterocycles. The van der Waals surface area contributed by atoms with Crippen LogP contribution in [-0.2, 0) is 5.41 Å². The van der Waals surface area contributed by atoms with Gasteiger partial charge in [-0.1, -0.05) is 117 Å². The lowest BCUT2D eigenvalue weighted by Gasteiger charge is -2.24. The highest BCUT2D eigenvalue weighted by atomic mass is 32.1. The van der Waals surface area contributed by atoms with Crippen molar-refractivity contribution in [2.45, 2.75) is 19.3 Å². The van der Waals surface area contributed by atoms with Gasteiger partial charge < -0.3 is 0 Å². The predicted octanol–water partition coefficient (Wildman–Crippen LogP) is 12.6. The Hall–Kier alpha value is -4.50. The van der Waals surface area contributed by atoms with Crippen molar-refractivity contribution in [3.05, 3.63) is 144 Å². The minimum Gasteiger partial charge on any atom is -0.143 e. The summed E-state index contributed by atoms with van der Waals surface area (Å²) in [6, 6.07) is 47.6. The Morgan fingerprint density at radius 1 is 0.419 bits per heavy atom. The lowest BCUT2D eigenvalue weighted by molar-refractivity contribution is 0.661. The van der Waals surface area contributed by atoms with Gasteiger partial charge in [-0.3, -0.25) is 0 Å². The first-order valence-electron chi connectivity index (χ1n) is 14.9. The maximum Gasteiger partial charge on any atom is 0.0449 e. The molecule has 1 aliphatic carbocycles. The van der Waals surface area contributed by atoms with Crippen molar-refractivity contribution in [3.63, 3.8) is 0 Å². The summed E-state index contributed by atoms with van der Waals surface area (Å²) in [6.07, 6.45) is 0. The molecule has 204 valence electrons. The van der Waals surface area contributed by atoms with Crippen molar-refractivity contribution in [1.29, 1.82) is 0 Å². The van der Waals surface area contributed by atoms with Crippen LogP contribution in [-0.4, -0.2) is 0 Å². The van der Waals surface area contributed by atoms with E-state index in [1.165, 1.54) is 85.9 Å². The average molecular weight is 585 g/mol. The summed E-state index contributed by atoms with van der Waals surface area (Å²) in [4.78, 5) is 3.97. The molecule has 0 amide bonds. The molecular formula is C41H28S2. The minimum absolute atomic E-state index is 0.0780. The van der Waals surface area contributed by atoms with Gasteiger partial charge >= 0.3 is 0 Å². The fourth-order valence-electron chi connectivity index (χ4n) is 7.46. The zero-order valence-electron chi connectivity index (χ0n) is 24.0. The number of thiophene rings is 2. The van der Waals surface area contributed by atoms with Crippen LogP contribution in [0.15, 0.2) is 133 Å². The number of fused-ring (bicyclic) bond motifs is 7. The van der Waals surface area contributed by atoms with Crippen molar-refractivity contribution in [2.24, 2.45) is 0 Å². The number of hydrogen-bond donors (Lipinski definition) is 0. The second-order valence-electron chi connectivity index (χ2n) is 12.0. The molecule has 0 N–H and O–H groups in total. The molecule has 0 spiro atoms. The van der Waals surface area contributed by atoms with E-state index in [4.69, 9.17) is 0 Å². The topological polar surface area (TPSA) is 0 Å². The highest BCUT2D eigenvalue weighted by Gasteiger charge is 2.37. The van der Waals surface area contributed by atoms with Crippen LogP contribution in [0.2, 0.25) is 0 Å². The van der Waals surface area contributed by atoms with Gasteiger partial charge in [-0.25, -0.2) is 0 Å². The van der Waals surface area contributed by atoms with E-state index in [0.717, 1.165) is 0 Å². The van der Waals surface area contributed by atoms with Gasteiger partial charge in [0.1, 0.15) is 0 Å². The van der Waals surface area contributed by atoms with Crippen molar-refractivity contribution in [2.75, 3.05) is 0 Å². The van der Waals surface area contributed by atoms with Crippen LogP contribution in [0.25, 0.3) is 74.8 Å². The van der Waals surface area contributed by atoms with Crippen LogP contribution in [0.5, 0.6) is 0 Å². The van der Waals surface area contributed by atoms with Gasteiger partial charge in [0.25, 0.3) is 0 Å². The van der Waals surface area contributed by atoms with Gasteiger partial charge in [-0.15, -0.1) is 22.7 Å². The molecule has 0 nitrogen and oxygen atoms in total.